The molecule has 0 saturated heterocycles. The molecule has 0 aromatic heterocycles. The predicted octanol–water partition coefficient (Wildman–Crippen LogP) is 2.57. The Morgan fingerprint density at radius 2 is 1.65 bits per heavy atom. The van der Waals surface area contributed by atoms with Gasteiger partial charge in [-0.3, -0.25) is 25.0 Å². The van der Waals surface area contributed by atoms with Crippen molar-refractivity contribution < 1.29 is 19.0 Å². The Hall–Kier alpha value is -3.36. The fourth-order valence-corrected chi connectivity index (χ4v) is 1.87. The molecule has 1 N–H and O–H groups in total. The minimum Gasteiger partial charge on any atom is -0.348 e. The minimum absolute atomic E-state index is 0.0208. The quantitative estimate of drug-likeness (QED) is 0.671. The standard InChI is InChI=1S/C14H10FN3O5/c15-11-3-1-2-9(4-11)8-16-14(19)10-5-12(17(20)21)7-13(6-10)18(22)23/h1-7H,8H2,(H,16,19). The van der Waals surface area contributed by atoms with Gasteiger partial charge in [-0.15, -0.1) is 0 Å². The molecule has 0 aliphatic heterocycles. The molecule has 0 fully saturated rings. The monoisotopic (exact) mass is 319 g/mol. The molecule has 0 spiro atoms. The third kappa shape index (κ3) is 4.06. The summed E-state index contributed by atoms with van der Waals surface area (Å²) in [5, 5.41) is 24.0. The number of hydrogen-bond donors (Lipinski definition) is 1. The zero-order chi connectivity index (χ0) is 17.0. The van der Waals surface area contributed by atoms with Gasteiger partial charge in [0.2, 0.25) is 0 Å². The van der Waals surface area contributed by atoms with Gasteiger partial charge in [0.1, 0.15) is 5.82 Å². The molecule has 2 aromatic rings. The Bertz CT molecular complexity index is 761. The summed E-state index contributed by atoms with van der Waals surface area (Å²) in [6.45, 7) is -0.0208. The van der Waals surface area contributed by atoms with Gasteiger partial charge in [-0.1, -0.05) is 12.1 Å². The maximum atomic E-state index is 13.0. The van der Waals surface area contributed by atoms with Gasteiger partial charge in [-0.05, 0) is 17.7 Å². The van der Waals surface area contributed by atoms with E-state index in [1.54, 1.807) is 6.07 Å². The van der Waals surface area contributed by atoms with Crippen LogP contribution in [0.1, 0.15) is 15.9 Å². The number of nitro benzene ring substituents is 2. The Balaban J connectivity index is 2.21. The lowest BCUT2D eigenvalue weighted by molar-refractivity contribution is -0.394. The summed E-state index contributed by atoms with van der Waals surface area (Å²) >= 11 is 0. The van der Waals surface area contributed by atoms with Crippen LogP contribution in [0, 0.1) is 26.0 Å². The molecule has 0 radical (unpaired) electrons. The van der Waals surface area contributed by atoms with E-state index in [9.17, 15) is 29.4 Å². The molecule has 2 aromatic carbocycles. The molecular formula is C14H10FN3O5. The first-order chi connectivity index (χ1) is 10.9. The molecule has 8 nitrogen and oxygen atoms in total. The number of non-ortho nitro benzene ring substituents is 2. The van der Waals surface area contributed by atoms with Crippen LogP contribution >= 0.6 is 0 Å². The molecule has 23 heavy (non-hydrogen) atoms. The zero-order valence-corrected chi connectivity index (χ0v) is 11.6. The van der Waals surface area contributed by atoms with Gasteiger partial charge in [0, 0.05) is 18.7 Å². The lowest BCUT2D eigenvalue weighted by atomic mass is 10.1. The van der Waals surface area contributed by atoms with Crippen molar-refractivity contribution in [1.82, 2.24) is 5.32 Å². The molecule has 1 amide bonds. The summed E-state index contributed by atoms with van der Waals surface area (Å²) in [5.74, 6) is -1.20. The Labute approximate surface area is 128 Å². The topological polar surface area (TPSA) is 115 Å². The molecule has 9 heteroatoms. The molecule has 118 valence electrons. The normalized spacial score (nSPS) is 10.1. The number of nitrogens with zero attached hydrogens (tertiary/aromatic N) is 2. The molecule has 0 aliphatic carbocycles. The average molecular weight is 319 g/mol. The van der Waals surface area contributed by atoms with Gasteiger partial charge in [0.15, 0.2) is 0 Å². The van der Waals surface area contributed by atoms with Gasteiger partial charge < -0.3 is 5.32 Å². The molecular weight excluding hydrogens is 309 g/mol. The fraction of sp³-hybridized carbons (Fsp3) is 0.0714. The van der Waals surface area contributed by atoms with Crippen molar-refractivity contribution in [2.75, 3.05) is 0 Å². The van der Waals surface area contributed by atoms with Gasteiger partial charge in [0.05, 0.1) is 21.5 Å². The third-order valence-corrected chi connectivity index (χ3v) is 2.93. The summed E-state index contributed by atoms with van der Waals surface area (Å²) in [4.78, 5) is 31.9. The largest absolute Gasteiger partial charge is 0.348 e. The Morgan fingerprint density at radius 1 is 1.04 bits per heavy atom. The first-order valence-electron chi connectivity index (χ1n) is 6.33. The van der Waals surface area contributed by atoms with Gasteiger partial charge in [-0.25, -0.2) is 4.39 Å². The Morgan fingerprint density at radius 3 is 2.17 bits per heavy atom. The summed E-state index contributed by atoms with van der Waals surface area (Å²) in [6.07, 6.45) is 0. The number of carbonyl (C=O) groups excluding carboxylic acids is 1. The van der Waals surface area contributed by atoms with Gasteiger partial charge in [-0.2, -0.15) is 0 Å². The molecule has 0 bridgehead atoms. The smallest absolute Gasteiger partial charge is 0.277 e. The first-order valence-corrected chi connectivity index (χ1v) is 6.33. The van der Waals surface area contributed by atoms with Crippen LogP contribution in [0.2, 0.25) is 0 Å². The molecule has 0 atom stereocenters. The lowest BCUT2D eigenvalue weighted by Crippen LogP contribution is -2.23. The lowest BCUT2D eigenvalue weighted by Gasteiger charge is -2.06. The highest BCUT2D eigenvalue weighted by molar-refractivity contribution is 5.95. The second-order valence-corrected chi connectivity index (χ2v) is 4.56. The maximum Gasteiger partial charge on any atom is 0.277 e. The molecule has 2 rings (SSSR count). The van der Waals surface area contributed by atoms with E-state index in [1.807, 2.05) is 0 Å². The SMILES string of the molecule is O=C(NCc1cccc(F)c1)c1cc([N+](=O)[O-])cc([N+](=O)[O-])c1. The van der Waals surface area contributed by atoms with Crippen molar-refractivity contribution in [1.29, 1.82) is 0 Å². The molecule has 0 aliphatic rings. The predicted molar refractivity (Wildman–Crippen MR) is 77.3 cm³/mol. The fourth-order valence-electron chi connectivity index (χ4n) is 1.87. The maximum absolute atomic E-state index is 13.0. The van der Waals surface area contributed by atoms with E-state index in [0.29, 0.717) is 5.56 Å². The number of halogens is 1. The molecule has 0 heterocycles. The number of nitrogens with one attached hydrogen (secondary N) is 1. The molecule has 0 unspecified atom stereocenters. The number of carbonyl (C=O) groups is 1. The number of amides is 1. The van der Waals surface area contributed by atoms with Crippen molar-refractivity contribution in [3.63, 3.8) is 0 Å². The van der Waals surface area contributed by atoms with Crippen molar-refractivity contribution in [2.45, 2.75) is 6.54 Å². The van der Waals surface area contributed by atoms with Crippen LogP contribution in [0.25, 0.3) is 0 Å². The highest BCUT2D eigenvalue weighted by Gasteiger charge is 2.19. The Kier molecular flexibility index (Phi) is 4.60. The van der Waals surface area contributed by atoms with Crippen LogP contribution in [0.15, 0.2) is 42.5 Å². The summed E-state index contributed by atoms with van der Waals surface area (Å²) in [7, 11) is 0. The number of nitro groups is 2. The summed E-state index contributed by atoms with van der Waals surface area (Å²) < 4.78 is 13.0. The van der Waals surface area contributed by atoms with E-state index in [1.165, 1.54) is 18.2 Å². The second kappa shape index (κ2) is 6.60. The molecule has 0 saturated carbocycles. The number of hydrogen-bond acceptors (Lipinski definition) is 5. The highest BCUT2D eigenvalue weighted by Crippen LogP contribution is 2.22. The zero-order valence-electron chi connectivity index (χ0n) is 11.6. The van der Waals surface area contributed by atoms with E-state index in [-0.39, 0.29) is 12.1 Å². The summed E-state index contributed by atoms with van der Waals surface area (Å²) in [5.41, 5.74) is -0.856. The van der Waals surface area contributed by atoms with Crippen molar-refractivity contribution in [3.05, 3.63) is 79.6 Å². The van der Waals surface area contributed by atoms with E-state index in [2.05, 4.69) is 5.32 Å². The van der Waals surface area contributed by atoms with Crippen LogP contribution < -0.4 is 5.32 Å². The van der Waals surface area contributed by atoms with Crippen LogP contribution in [0.4, 0.5) is 15.8 Å². The second-order valence-electron chi connectivity index (χ2n) is 4.56. The van der Waals surface area contributed by atoms with E-state index in [4.69, 9.17) is 0 Å². The van der Waals surface area contributed by atoms with E-state index >= 15 is 0 Å². The van der Waals surface area contributed by atoms with Crippen molar-refractivity contribution >= 4 is 17.3 Å². The third-order valence-electron chi connectivity index (χ3n) is 2.93. The van der Waals surface area contributed by atoms with E-state index in [0.717, 1.165) is 18.2 Å². The minimum atomic E-state index is -0.823. The average Bonchev–Trinajstić information content (AvgIpc) is 2.52. The van der Waals surface area contributed by atoms with Gasteiger partial charge in [0.25, 0.3) is 17.3 Å². The van der Waals surface area contributed by atoms with Crippen LogP contribution in [0.5, 0.6) is 0 Å². The highest BCUT2D eigenvalue weighted by atomic mass is 19.1. The van der Waals surface area contributed by atoms with Crippen LogP contribution in [0.3, 0.4) is 0 Å². The number of rotatable bonds is 5. The first kappa shape index (κ1) is 16.0. The number of benzene rings is 2. The van der Waals surface area contributed by atoms with Crippen molar-refractivity contribution in [3.8, 4) is 0 Å². The summed E-state index contributed by atoms with van der Waals surface area (Å²) in [6, 6.07) is 8.16. The van der Waals surface area contributed by atoms with Crippen LogP contribution in [-0.4, -0.2) is 15.8 Å². The van der Waals surface area contributed by atoms with Gasteiger partial charge >= 0.3 is 0 Å². The van der Waals surface area contributed by atoms with Crippen LogP contribution in [-0.2, 0) is 6.54 Å². The van der Waals surface area contributed by atoms with E-state index < -0.39 is 32.9 Å². The van der Waals surface area contributed by atoms with Crippen molar-refractivity contribution in [2.24, 2.45) is 0 Å².